The number of halogens is 1. The van der Waals surface area contributed by atoms with Gasteiger partial charge in [0.15, 0.2) is 11.5 Å². The third kappa shape index (κ3) is 1.80. The molecule has 0 aliphatic carbocycles. The molecule has 0 aliphatic rings. The minimum Gasteiger partial charge on any atom is -0.476 e. The van der Waals surface area contributed by atoms with Crippen LogP contribution in [0.15, 0.2) is 39.2 Å². The van der Waals surface area contributed by atoms with Gasteiger partial charge in [-0.15, -0.1) is 0 Å². The van der Waals surface area contributed by atoms with E-state index in [1.807, 2.05) is 24.3 Å². The van der Waals surface area contributed by atoms with Crippen LogP contribution in [-0.2, 0) is 0 Å². The Morgan fingerprint density at radius 3 is 2.89 bits per heavy atom. The number of carboxylic acids is 1. The van der Waals surface area contributed by atoms with Crippen molar-refractivity contribution in [3.8, 4) is 11.5 Å². The van der Waals surface area contributed by atoms with E-state index in [2.05, 4.69) is 26.1 Å². The molecule has 5 nitrogen and oxygen atoms in total. The predicted molar refractivity (Wildman–Crippen MR) is 68.5 cm³/mol. The Morgan fingerprint density at radius 2 is 2.17 bits per heavy atom. The fourth-order valence-corrected chi connectivity index (χ4v) is 2.08. The molecule has 0 saturated heterocycles. The zero-order valence-electron chi connectivity index (χ0n) is 8.98. The molecule has 2 heterocycles. The van der Waals surface area contributed by atoms with Crippen molar-refractivity contribution in [1.82, 2.24) is 10.2 Å². The standard InChI is InChI=1S/C12H7BrN2O3/c13-7-1-2-10-6(3-7)4-11(18-10)8-5-9(12(16)17)15-14-8/h1-5H,(H,14,15)(H,16,17). The number of aromatic carboxylic acids is 1. The molecular weight excluding hydrogens is 300 g/mol. The minimum atomic E-state index is -1.07. The average Bonchev–Trinajstić information content (AvgIpc) is 2.93. The number of carbonyl (C=O) groups is 1. The summed E-state index contributed by atoms with van der Waals surface area (Å²) < 4.78 is 6.57. The van der Waals surface area contributed by atoms with Crippen LogP contribution in [0.2, 0.25) is 0 Å². The summed E-state index contributed by atoms with van der Waals surface area (Å²) in [6.07, 6.45) is 0. The summed E-state index contributed by atoms with van der Waals surface area (Å²) in [5.41, 5.74) is 1.24. The molecular formula is C12H7BrN2O3. The minimum absolute atomic E-state index is 0.0355. The monoisotopic (exact) mass is 306 g/mol. The number of nitrogens with one attached hydrogen (secondary N) is 1. The van der Waals surface area contributed by atoms with E-state index in [-0.39, 0.29) is 5.69 Å². The Kier molecular flexibility index (Phi) is 2.45. The van der Waals surface area contributed by atoms with Gasteiger partial charge in [0.2, 0.25) is 0 Å². The summed E-state index contributed by atoms with van der Waals surface area (Å²) in [6, 6.07) is 8.92. The number of hydrogen-bond acceptors (Lipinski definition) is 3. The topological polar surface area (TPSA) is 79.1 Å². The second-order valence-corrected chi connectivity index (χ2v) is 4.68. The predicted octanol–water partition coefficient (Wildman–Crippen LogP) is 3.28. The summed E-state index contributed by atoms with van der Waals surface area (Å²) in [5.74, 6) is -0.514. The largest absolute Gasteiger partial charge is 0.476 e. The first kappa shape index (κ1) is 11.0. The highest BCUT2D eigenvalue weighted by Crippen LogP contribution is 2.28. The van der Waals surface area contributed by atoms with Gasteiger partial charge in [0.1, 0.15) is 11.3 Å². The molecule has 18 heavy (non-hydrogen) atoms. The van der Waals surface area contributed by atoms with Gasteiger partial charge in [-0.1, -0.05) is 15.9 Å². The first-order chi connectivity index (χ1) is 8.63. The van der Waals surface area contributed by atoms with Crippen LogP contribution in [-0.4, -0.2) is 21.3 Å². The van der Waals surface area contributed by atoms with Crippen molar-refractivity contribution in [3.63, 3.8) is 0 Å². The fourth-order valence-electron chi connectivity index (χ4n) is 1.70. The van der Waals surface area contributed by atoms with Gasteiger partial charge in [0, 0.05) is 15.9 Å². The van der Waals surface area contributed by atoms with Gasteiger partial charge in [0.25, 0.3) is 0 Å². The number of benzene rings is 1. The van der Waals surface area contributed by atoms with Crippen molar-refractivity contribution in [2.24, 2.45) is 0 Å². The van der Waals surface area contributed by atoms with Crippen LogP contribution in [0.25, 0.3) is 22.4 Å². The molecule has 6 heteroatoms. The number of rotatable bonds is 2. The maximum Gasteiger partial charge on any atom is 0.356 e. The summed E-state index contributed by atoms with van der Waals surface area (Å²) >= 11 is 3.38. The van der Waals surface area contributed by atoms with Crippen LogP contribution in [0, 0.1) is 0 Å². The van der Waals surface area contributed by atoms with Crippen LogP contribution in [0.4, 0.5) is 0 Å². The molecule has 3 aromatic rings. The van der Waals surface area contributed by atoms with Crippen molar-refractivity contribution in [2.75, 3.05) is 0 Å². The van der Waals surface area contributed by atoms with E-state index in [4.69, 9.17) is 9.52 Å². The number of H-pyrrole nitrogens is 1. The molecule has 0 atom stereocenters. The summed E-state index contributed by atoms with van der Waals surface area (Å²) in [4.78, 5) is 10.7. The Bertz CT molecular complexity index is 745. The van der Waals surface area contributed by atoms with Crippen LogP contribution < -0.4 is 0 Å². The number of aromatic nitrogens is 2. The van der Waals surface area contributed by atoms with E-state index in [1.165, 1.54) is 6.07 Å². The average molecular weight is 307 g/mol. The van der Waals surface area contributed by atoms with Crippen LogP contribution in [0.1, 0.15) is 10.5 Å². The number of nitrogens with zero attached hydrogens (tertiary/aromatic N) is 1. The molecule has 0 amide bonds. The van der Waals surface area contributed by atoms with E-state index in [9.17, 15) is 4.79 Å². The molecule has 2 N–H and O–H groups in total. The van der Waals surface area contributed by atoms with E-state index in [1.54, 1.807) is 0 Å². The van der Waals surface area contributed by atoms with E-state index in [0.717, 1.165) is 15.4 Å². The molecule has 3 rings (SSSR count). The smallest absolute Gasteiger partial charge is 0.356 e. The number of hydrogen-bond donors (Lipinski definition) is 2. The van der Waals surface area contributed by atoms with E-state index >= 15 is 0 Å². The zero-order valence-corrected chi connectivity index (χ0v) is 10.6. The zero-order chi connectivity index (χ0) is 12.7. The van der Waals surface area contributed by atoms with Gasteiger partial charge in [-0.3, -0.25) is 5.10 Å². The van der Waals surface area contributed by atoms with Gasteiger partial charge < -0.3 is 9.52 Å². The SMILES string of the molecule is O=C(O)c1cc(-c2cc3cc(Br)ccc3o2)[nH]n1. The van der Waals surface area contributed by atoms with Crippen molar-refractivity contribution >= 4 is 32.9 Å². The lowest BCUT2D eigenvalue weighted by Gasteiger charge is -1.88. The molecule has 0 aliphatic heterocycles. The van der Waals surface area contributed by atoms with E-state index < -0.39 is 5.97 Å². The quantitative estimate of drug-likeness (QED) is 0.761. The highest BCUT2D eigenvalue weighted by atomic mass is 79.9. The highest BCUT2D eigenvalue weighted by molar-refractivity contribution is 9.10. The summed E-state index contributed by atoms with van der Waals surface area (Å²) in [7, 11) is 0. The maximum absolute atomic E-state index is 10.7. The van der Waals surface area contributed by atoms with Gasteiger partial charge in [-0.2, -0.15) is 5.10 Å². The van der Waals surface area contributed by atoms with Crippen molar-refractivity contribution in [1.29, 1.82) is 0 Å². The second-order valence-electron chi connectivity index (χ2n) is 3.76. The van der Waals surface area contributed by atoms with Gasteiger partial charge in [-0.25, -0.2) is 4.79 Å². The van der Waals surface area contributed by atoms with Crippen LogP contribution >= 0.6 is 15.9 Å². The van der Waals surface area contributed by atoms with Gasteiger partial charge in [0.05, 0.1) is 0 Å². The van der Waals surface area contributed by atoms with Crippen LogP contribution in [0.5, 0.6) is 0 Å². The highest BCUT2D eigenvalue weighted by Gasteiger charge is 2.12. The fraction of sp³-hybridized carbons (Fsp3) is 0. The molecule has 90 valence electrons. The number of carboxylic acid groups (broad SMARTS) is 1. The molecule has 0 saturated carbocycles. The molecule has 0 bridgehead atoms. The lowest BCUT2D eigenvalue weighted by atomic mass is 10.2. The lowest BCUT2D eigenvalue weighted by molar-refractivity contribution is 0.0690. The molecule has 0 fully saturated rings. The molecule has 0 unspecified atom stereocenters. The summed E-state index contributed by atoms with van der Waals surface area (Å²) in [6.45, 7) is 0. The normalized spacial score (nSPS) is 10.9. The Balaban J connectivity index is 2.10. The third-order valence-corrected chi connectivity index (χ3v) is 3.03. The summed E-state index contributed by atoms with van der Waals surface area (Å²) in [5, 5.41) is 16.1. The maximum atomic E-state index is 10.7. The Morgan fingerprint density at radius 1 is 1.33 bits per heavy atom. The van der Waals surface area contributed by atoms with Crippen molar-refractivity contribution < 1.29 is 14.3 Å². The third-order valence-electron chi connectivity index (χ3n) is 2.54. The Hall–Kier alpha value is -2.08. The van der Waals surface area contributed by atoms with Crippen molar-refractivity contribution in [2.45, 2.75) is 0 Å². The first-order valence-corrected chi connectivity index (χ1v) is 5.91. The first-order valence-electron chi connectivity index (χ1n) is 5.11. The second kappa shape index (κ2) is 3.99. The van der Waals surface area contributed by atoms with Crippen LogP contribution in [0.3, 0.4) is 0 Å². The van der Waals surface area contributed by atoms with Gasteiger partial charge in [-0.05, 0) is 24.3 Å². The van der Waals surface area contributed by atoms with Crippen molar-refractivity contribution in [3.05, 3.63) is 40.5 Å². The molecule has 2 aromatic heterocycles. The molecule has 1 aromatic carbocycles. The number of furan rings is 1. The molecule has 0 radical (unpaired) electrons. The number of aromatic amines is 1. The van der Waals surface area contributed by atoms with Gasteiger partial charge >= 0.3 is 5.97 Å². The van der Waals surface area contributed by atoms with E-state index in [0.29, 0.717) is 11.5 Å². The lowest BCUT2D eigenvalue weighted by Crippen LogP contribution is -1.95. The molecule has 0 spiro atoms. The number of fused-ring (bicyclic) bond motifs is 1. The Labute approximate surface area is 110 Å².